The molecule has 1 aliphatic heterocycles. The lowest BCUT2D eigenvalue weighted by Crippen LogP contribution is -2.26. The minimum absolute atomic E-state index is 0.0940. The van der Waals surface area contributed by atoms with Crippen molar-refractivity contribution in [1.29, 1.82) is 0 Å². The number of fused-ring (bicyclic) bond motifs is 1. The van der Waals surface area contributed by atoms with Crippen molar-refractivity contribution in [2.75, 3.05) is 12.3 Å². The van der Waals surface area contributed by atoms with Crippen LogP contribution in [-0.2, 0) is 29.4 Å². The van der Waals surface area contributed by atoms with Crippen LogP contribution in [-0.4, -0.2) is 20.7 Å². The van der Waals surface area contributed by atoms with Gasteiger partial charge in [0.1, 0.15) is 5.82 Å². The summed E-state index contributed by atoms with van der Waals surface area (Å²) in [6, 6.07) is 13.0. The lowest BCUT2D eigenvalue weighted by atomic mass is 9.92. The standard InChI is InChI=1S/C21H27FN2O2S/c1-2-11-27(25,26)24-15-17-8-9-18-6-4-10-23-21(20(18)13-17)14-16-5-3-7-19(22)12-16/h3,5,7-9,12-13,21,23-24H,2,4,6,10-11,14-15H2,1H3. The highest BCUT2D eigenvalue weighted by atomic mass is 32.2. The zero-order valence-corrected chi connectivity index (χ0v) is 16.5. The summed E-state index contributed by atoms with van der Waals surface area (Å²) in [6.45, 7) is 3.06. The van der Waals surface area contributed by atoms with Gasteiger partial charge in [0.25, 0.3) is 0 Å². The highest BCUT2D eigenvalue weighted by molar-refractivity contribution is 7.89. The average molecular weight is 391 g/mol. The number of nitrogens with one attached hydrogen (secondary N) is 2. The number of rotatable bonds is 7. The molecule has 0 aromatic heterocycles. The first-order valence-electron chi connectivity index (χ1n) is 9.53. The molecule has 0 saturated heterocycles. The van der Waals surface area contributed by atoms with Crippen LogP contribution in [0.1, 0.15) is 48.1 Å². The van der Waals surface area contributed by atoms with Gasteiger partial charge in [0.15, 0.2) is 0 Å². The molecule has 27 heavy (non-hydrogen) atoms. The van der Waals surface area contributed by atoms with Crippen LogP contribution in [0.4, 0.5) is 4.39 Å². The first-order valence-corrected chi connectivity index (χ1v) is 11.2. The number of aryl methyl sites for hydroxylation is 1. The first kappa shape index (κ1) is 20.0. The normalized spacial score (nSPS) is 17.3. The van der Waals surface area contributed by atoms with E-state index < -0.39 is 10.0 Å². The van der Waals surface area contributed by atoms with Gasteiger partial charge in [0, 0.05) is 12.6 Å². The Kier molecular flexibility index (Phi) is 6.63. The number of hydrogen-bond donors (Lipinski definition) is 2. The van der Waals surface area contributed by atoms with Gasteiger partial charge in [-0.05, 0) is 66.6 Å². The second kappa shape index (κ2) is 8.95. The van der Waals surface area contributed by atoms with Crippen molar-refractivity contribution in [3.8, 4) is 0 Å². The van der Waals surface area contributed by atoms with Crippen molar-refractivity contribution in [2.24, 2.45) is 0 Å². The van der Waals surface area contributed by atoms with Crippen LogP contribution in [0.25, 0.3) is 0 Å². The van der Waals surface area contributed by atoms with Gasteiger partial charge in [-0.1, -0.05) is 37.3 Å². The van der Waals surface area contributed by atoms with E-state index in [0.717, 1.165) is 30.5 Å². The van der Waals surface area contributed by atoms with E-state index in [4.69, 9.17) is 0 Å². The smallest absolute Gasteiger partial charge is 0.211 e. The van der Waals surface area contributed by atoms with Gasteiger partial charge in [-0.2, -0.15) is 0 Å². The van der Waals surface area contributed by atoms with Crippen LogP contribution >= 0.6 is 0 Å². The van der Waals surface area contributed by atoms with E-state index in [1.807, 2.05) is 19.1 Å². The van der Waals surface area contributed by atoms with Crippen LogP contribution in [0.2, 0.25) is 0 Å². The fourth-order valence-electron chi connectivity index (χ4n) is 3.59. The second-order valence-electron chi connectivity index (χ2n) is 7.12. The minimum Gasteiger partial charge on any atom is -0.310 e. The molecule has 4 nitrogen and oxygen atoms in total. The molecule has 146 valence electrons. The van der Waals surface area contributed by atoms with Crippen LogP contribution in [0.5, 0.6) is 0 Å². The van der Waals surface area contributed by atoms with Crippen molar-refractivity contribution >= 4 is 10.0 Å². The van der Waals surface area contributed by atoms with E-state index >= 15 is 0 Å². The quantitative estimate of drug-likeness (QED) is 0.761. The number of sulfonamides is 1. The molecule has 1 aliphatic rings. The molecule has 0 spiro atoms. The monoisotopic (exact) mass is 390 g/mol. The van der Waals surface area contributed by atoms with Crippen LogP contribution in [0.15, 0.2) is 42.5 Å². The van der Waals surface area contributed by atoms with Crippen LogP contribution in [0.3, 0.4) is 0 Å². The summed E-state index contributed by atoms with van der Waals surface area (Å²) in [5.41, 5.74) is 4.36. The van der Waals surface area contributed by atoms with Crippen molar-refractivity contribution < 1.29 is 12.8 Å². The molecule has 1 heterocycles. The third-order valence-electron chi connectivity index (χ3n) is 4.90. The Morgan fingerprint density at radius 1 is 1.19 bits per heavy atom. The highest BCUT2D eigenvalue weighted by Crippen LogP contribution is 2.27. The predicted molar refractivity (Wildman–Crippen MR) is 107 cm³/mol. The zero-order valence-electron chi connectivity index (χ0n) is 15.7. The average Bonchev–Trinajstić information content (AvgIpc) is 2.82. The SMILES string of the molecule is CCCS(=O)(=O)NCc1ccc2c(c1)C(Cc1cccc(F)c1)NCCC2. The number of hydrogen-bond acceptors (Lipinski definition) is 3. The Labute approximate surface area is 161 Å². The first-order chi connectivity index (χ1) is 13.0. The highest BCUT2D eigenvalue weighted by Gasteiger charge is 2.19. The summed E-state index contributed by atoms with van der Waals surface area (Å²) < 4.78 is 40.1. The van der Waals surface area contributed by atoms with Gasteiger partial charge < -0.3 is 5.32 Å². The van der Waals surface area contributed by atoms with Gasteiger partial charge in [0.2, 0.25) is 10.0 Å². The van der Waals surface area contributed by atoms with Crippen molar-refractivity contribution in [1.82, 2.24) is 10.0 Å². The van der Waals surface area contributed by atoms with Crippen molar-refractivity contribution in [3.05, 3.63) is 70.5 Å². The molecule has 3 rings (SSSR count). The van der Waals surface area contributed by atoms with E-state index in [2.05, 4.69) is 22.2 Å². The topological polar surface area (TPSA) is 58.2 Å². The molecule has 1 unspecified atom stereocenters. The minimum atomic E-state index is -3.23. The Morgan fingerprint density at radius 3 is 2.81 bits per heavy atom. The Hall–Kier alpha value is -1.76. The van der Waals surface area contributed by atoms with E-state index in [1.54, 1.807) is 12.1 Å². The summed E-state index contributed by atoms with van der Waals surface area (Å²) in [5, 5.41) is 3.56. The largest absolute Gasteiger partial charge is 0.310 e. The van der Waals surface area contributed by atoms with Crippen LogP contribution in [0, 0.1) is 5.82 Å². The molecule has 0 fully saturated rings. The molecule has 0 saturated carbocycles. The Morgan fingerprint density at radius 2 is 2.04 bits per heavy atom. The summed E-state index contributed by atoms with van der Waals surface area (Å²) in [7, 11) is -3.23. The Balaban J connectivity index is 1.81. The molecule has 0 amide bonds. The van der Waals surface area contributed by atoms with E-state index in [0.29, 0.717) is 19.4 Å². The lowest BCUT2D eigenvalue weighted by molar-refractivity contribution is 0.537. The summed E-state index contributed by atoms with van der Waals surface area (Å²) in [6.07, 6.45) is 3.34. The third-order valence-corrected chi connectivity index (χ3v) is 6.43. The third kappa shape index (κ3) is 5.61. The van der Waals surface area contributed by atoms with Gasteiger partial charge in [-0.15, -0.1) is 0 Å². The molecule has 6 heteroatoms. The van der Waals surface area contributed by atoms with E-state index in [9.17, 15) is 12.8 Å². The molecule has 0 radical (unpaired) electrons. The fraction of sp³-hybridized carbons (Fsp3) is 0.429. The van der Waals surface area contributed by atoms with Gasteiger partial charge >= 0.3 is 0 Å². The molecule has 0 bridgehead atoms. The van der Waals surface area contributed by atoms with E-state index in [-0.39, 0.29) is 17.6 Å². The predicted octanol–water partition coefficient (Wildman–Crippen LogP) is 3.47. The second-order valence-corrected chi connectivity index (χ2v) is 9.04. The zero-order chi connectivity index (χ0) is 19.3. The van der Waals surface area contributed by atoms with Gasteiger partial charge in [-0.25, -0.2) is 17.5 Å². The molecule has 1 atom stereocenters. The molecular weight excluding hydrogens is 363 g/mol. The fourth-order valence-corrected chi connectivity index (χ4v) is 4.66. The number of halogens is 1. The maximum absolute atomic E-state index is 13.6. The molecular formula is C21H27FN2O2S. The molecule has 2 aromatic rings. The molecule has 2 aromatic carbocycles. The maximum Gasteiger partial charge on any atom is 0.211 e. The molecule has 2 N–H and O–H groups in total. The van der Waals surface area contributed by atoms with Crippen molar-refractivity contribution in [2.45, 2.75) is 45.2 Å². The van der Waals surface area contributed by atoms with Crippen LogP contribution < -0.4 is 10.0 Å². The lowest BCUT2D eigenvalue weighted by Gasteiger charge is -2.20. The summed E-state index contributed by atoms with van der Waals surface area (Å²) in [4.78, 5) is 0. The Bertz CT molecular complexity index is 884. The maximum atomic E-state index is 13.6. The summed E-state index contributed by atoms with van der Waals surface area (Å²) in [5.74, 6) is -0.0813. The summed E-state index contributed by atoms with van der Waals surface area (Å²) >= 11 is 0. The van der Waals surface area contributed by atoms with Gasteiger partial charge in [-0.3, -0.25) is 0 Å². The molecule has 0 aliphatic carbocycles. The number of benzene rings is 2. The van der Waals surface area contributed by atoms with E-state index in [1.165, 1.54) is 17.2 Å². The van der Waals surface area contributed by atoms with Crippen molar-refractivity contribution in [3.63, 3.8) is 0 Å². The van der Waals surface area contributed by atoms with Gasteiger partial charge in [0.05, 0.1) is 5.75 Å².